The number of aromatic nitrogens is 2. The Morgan fingerprint density at radius 1 is 1.18 bits per heavy atom. The first-order valence-corrected chi connectivity index (χ1v) is 6.54. The van der Waals surface area contributed by atoms with Crippen molar-refractivity contribution in [2.45, 2.75) is 6.10 Å². The third-order valence-electron chi connectivity index (χ3n) is 3.03. The SMILES string of the molecule is COc1cc(OC)cc([C@@H](O)CNc2nccnc2C#N)c1. The van der Waals surface area contributed by atoms with Gasteiger partial charge in [0, 0.05) is 25.0 Å². The third-order valence-corrected chi connectivity index (χ3v) is 3.03. The number of ether oxygens (including phenoxy) is 2. The molecule has 2 aromatic rings. The number of anilines is 1. The van der Waals surface area contributed by atoms with E-state index in [0.29, 0.717) is 22.9 Å². The largest absolute Gasteiger partial charge is 0.497 e. The lowest BCUT2D eigenvalue weighted by Gasteiger charge is -2.15. The minimum absolute atomic E-state index is 0.170. The van der Waals surface area contributed by atoms with Gasteiger partial charge in [-0.25, -0.2) is 9.97 Å². The monoisotopic (exact) mass is 300 g/mol. The molecule has 0 saturated heterocycles. The molecule has 0 radical (unpaired) electrons. The van der Waals surface area contributed by atoms with Crippen LogP contribution in [-0.2, 0) is 0 Å². The van der Waals surface area contributed by atoms with Crippen LogP contribution in [-0.4, -0.2) is 35.8 Å². The maximum atomic E-state index is 10.3. The highest BCUT2D eigenvalue weighted by Crippen LogP contribution is 2.26. The molecule has 2 rings (SSSR count). The summed E-state index contributed by atoms with van der Waals surface area (Å²) in [6, 6.07) is 7.10. The number of rotatable bonds is 6. The Labute approximate surface area is 128 Å². The van der Waals surface area contributed by atoms with E-state index < -0.39 is 6.10 Å². The molecule has 1 aromatic carbocycles. The molecule has 22 heavy (non-hydrogen) atoms. The first-order valence-electron chi connectivity index (χ1n) is 6.54. The molecule has 114 valence electrons. The highest BCUT2D eigenvalue weighted by atomic mass is 16.5. The van der Waals surface area contributed by atoms with Crippen molar-refractivity contribution in [1.82, 2.24) is 9.97 Å². The summed E-state index contributed by atoms with van der Waals surface area (Å²) in [6.45, 7) is 0.170. The molecule has 0 aliphatic carbocycles. The molecular formula is C15H16N4O3. The van der Waals surface area contributed by atoms with Crippen molar-refractivity contribution in [3.8, 4) is 17.6 Å². The molecule has 1 atom stereocenters. The van der Waals surface area contributed by atoms with Crippen LogP contribution >= 0.6 is 0 Å². The standard InChI is InChI=1S/C15H16N4O3/c1-21-11-5-10(6-12(7-11)22-2)14(20)9-19-15-13(8-16)17-3-4-18-15/h3-7,14,20H,9H2,1-2H3,(H,18,19)/t14-/m0/s1. The number of benzene rings is 1. The van der Waals surface area contributed by atoms with E-state index in [0.717, 1.165) is 0 Å². The molecule has 0 saturated carbocycles. The minimum Gasteiger partial charge on any atom is -0.497 e. The van der Waals surface area contributed by atoms with Crippen molar-refractivity contribution >= 4 is 5.82 Å². The third kappa shape index (κ3) is 3.62. The van der Waals surface area contributed by atoms with Crippen LogP contribution < -0.4 is 14.8 Å². The van der Waals surface area contributed by atoms with Gasteiger partial charge in [0.15, 0.2) is 11.5 Å². The summed E-state index contributed by atoms with van der Waals surface area (Å²) in [6.07, 6.45) is 2.09. The summed E-state index contributed by atoms with van der Waals surface area (Å²) in [5.41, 5.74) is 0.809. The van der Waals surface area contributed by atoms with Crippen molar-refractivity contribution in [2.24, 2.45) is 0 Å². The number of hydrogen-bond donors (Lipinski definition) is 2. The van der Waals surface area contributed by atoms with E-state index in [-0.39, 0.29) is 12.2 Å². The van der Waals surface area contributed by atoms with Gasteiger partial charge in [0.05, 0.1) is 20.3 Å². The molecule has 0 aliphatic rings. The second-order valence-corrected chi connectivity index (χ2v) is 4.41. The highest BCUT2D eigenvalue weighted by Gasteiger charge is 2.12. The van der Waals surface area contributed by atoms with E-state index in [1.54, 1.807) is 32.4 Å². The fraction of sp³-hybridized carbons (Fsp3) is 0.267. The molecule has 0 unspecified atom stereocenters. The van der Waals surface area contributed by atoms with Gasteiger partial charge in [-0.05, 0) is 17.7 Å². The van der Waals surface area contributed by atoms with E-state index in [1.165, 1.54) is 12.4 Å². The number of hydrogen-bond acceptors (Lipinski definition) is 7. The Morgan fingerprint density at radius 2 is 1.82 bits per heavy atom. The lowest BCUT2D eigenvalue weighted by Crippen LogP contribution is -2.14. The zero-order valence-corrected chi connectivity index (χ0v) is 12.3. The van der Waals surface area contributed by atoms with Crippen LogP contribution in [0.15, 0.2) is 30.6 Å². The van der Waals surface area contributed by atoms with Crippen molar-refractivity contribution in [3.63, 3.8) is 0 Å². The van der Waals surface area contributed by atoms with Gasteiger partial charge in [0.1, 0.15) is 17.6 Å². The number of aliphatic hydroxyl groups is 1. The molecule has 1 aromatic heterocycles. The van der Waals surface area contributed by atoms with Gasteiger partial charge in [0.2, 0.25) is 0 Å². The lowest BCUT2D eigenvalue weighted by molar-refractivity contribution is 0.190. The molecular weight excluding hydrogens is 284 g/mol. The maximum absolute atomic E-state index is 10.3. The van der Waals surface area contributed by atoms with Gasteiger partial charge in [0.25, 0.3) is 0 Å². The van der Waals surface area contributed by atoms with Crippen LogP contribution in [0.1, 0.15) is 17.4 Å². The van der Waals surface area contributed by atoms with Crippen LogP contribution in [0.4, 0.5) is 5.82 Å². The van der Waals surface area contributed by atoms with E-state index in [1.807, 2.05) is 6.07 Å². The predicted octanol–water partition coefficient (Wildman–Crippen LogP) is 1.51. The molecule has 0 fully saturated rings. The number of nitrogens with one attached hydrogen (secondary N) is 1. The van der Waals surface area contributed by atoms with Crippen molar-refractivity contribution in [1.29, 1.82) is 5.26 Å². The number of nitriles is 1. The van der Waals surface area contributed by atoms with Gasteiger partial charge in [-0.15, -0.1) is 0 Å². The van der Waals surface area contributed by atoms with Crippen LogP contribution in [0.25, 0.3) is 0 Å². The molecule has 7 nitrogen and oxygen atoms in total. The highest BCUT2D eigenvalue weighted by molar-refractivity contribution is 5.47. The van der Waals surface area contributed by atoms with Crippen LogP contribution in [0.3, 0.4) is 0 Å². The summed E-state index contributed by atoms with van der Waals surface area (Å²) in [4.78, 5) is 7.92. The number of methoxy groups -OCH3 is 2. The molecule has 0 aliphatic heterocycles. The van der Waals surface area contributed by atoms with E-state index in [4.69, 9.17) is 14.7 Å². The van der Waals surface area contributed by atoms with Crippen molar-refractivity contribution in [2.75, 3.05) is 26.1 Å². The normalized spacial score (nSPS) is 11.4. The summed E-state index contributed by atoms with van der Waals surface area (Å²) < 4.78 is 10.3. The van der Waals surface area contributed by atoms with Gasteiger partial charge in [-0.3, -0.25) is 0 Å². The Hall–Kier alpha value is -2.85. The van der Waals surface area contributed by atoms with Crippen molar-refractivity contribution in [3.05, 3.63) is 41.9 Å². The second kappa shape index (κ2) is 7.24. The van der Waals surface area contributed by atoms with Crippen LogP contribution in [0.2, 0.25) is 0 Å². The maximum Gasteiger partial charge on any atom is 0.182 e. The second-order valence-electron chi connectivity index (χ2n) is 4.41. The average molecular weight is 300 g/mol. The summed E-state index contributed by atoms with van der Waals surface area (Å²) in [5, 5.41) is 22.1. The smallest absolute Gasteiger partial charge is 0.182 e. The summed E-state index contributed by atoms with van der Waals surface area (Å²) in [7, 11) is 3.09. The first kappa shape index (κ1) is 15.5. The summed E-state index contributed by atoms with van der Waals surface area (Å²) >= 11 is 0. The molecule has 0 bridgehead atoms. The fourth-order valence-corrected chi connectivity index (χ4v) is 1.88. The lowest BCUT2D eigenvalue weighted by atomic mass is 10.1. The van der Waals surface area contributed by atoms with Gasteiger partial charge in [-0.1, -0.05) is 0 Å². The molecule has 1 heterocycles. The first-order chi connectivity index (χ1) is 10.7. The number of nitrogens with zero attached hydrogens (tertiary/aromatic N) is 3. The summed E-state index contributed by atoms with van der Waals surface area (Å²) in [5.74, 6) is 1.51. The van der Waals surface area contributed by atoms with E-state index >= 15 is 0 Å². The Morgan fingerprint density at radius 3 is 2.41 bits per heavy atom. The van der Waals surface area contributed by atoms with E-state index in [9.17, 15) is 5.11 Å². The van der Waals surface area contributed by atoms with Gasteiger partial charge in [-0.2, -0.15) is 5.26 Å². The molecule has 0 amide bonds. The van der Waals surface area contributed by atoms with Gasteiger partial charge >= 0.3 is 0 Å². The van der Waals surface area contributed by atoms with Crippen molar-refractivity contribution < 1.29 is 14.6 Å². The van der Waals surface area contributed by atoms with Crippen LogP contribution in [0, 0.1) is 11.3 Å². The number of aliphatic hydroxyl groups excluding tert-OH is 1. The Bertz CT molecular complexity index is 662. The Kier molecular flexibility index (Phi) is 5.11. The van der Waals surface area contributed by atoms with E-state index in [2.05, 4.69) is 15.3 Å². The molecule has 2 N–H and O–H groups in total. The molecule has 0 spiro atoms. The minimum atomic E-state index is -0.822. The topological polar surface area (TPSA) is 100 Å². The van der Waals surface area contributed by atoms with Crippen LogP contribution in [0.5, 0.6) is 11.5 Å². The molecule has 7 heteroatoms. The van der Waals surface area contributed by atoms with Gasteiger partial charge < -0.3 is 19.9 Å². The zero-order chi connectivity index (χ0) is 15.9. The average Bonchev–Trinajstić information content (AvgIpc) is 2.59. The fourth-order valence-electron chi connectivity index (χ4n) is 1.88. The quantitative estimate of drug-likeness (QED) is 0.834. The zero-order valence-electron chi connectivity index (χ0n) is 12.3. The predicted molar refractivity (Wildman–Crippen MR) is 79.7 cm³/mol. The Balaban J connectivity index is 2.12.